The van der Waals surface area contributed by atoms with Crippen LogP contribution in [0, 0.1) is 0 Å². The lowest BCUT2D eigenvalue weighted by atomic mass is 10.1. The van der Waals surface area contributed by atoms with Crippen molar-refractivity contribution in [2.45, 2.75) is 6.42 Å². The van der Waals surface area contributed by atoms with E-state index in [1.165, 1.54) is 11.3 Å². The molecule has 0 aliphatic carbocycles. The molecule has 0 spiro atoms. The van der Waals surface area contributed by atoms with Gasteiger partial charge in [-0.3, -0.25) is 4.98 Å². The maximum Gasteiger partial charge on any atom is 0.0843 e. The van der Waals surface area contributed by atoms with Gasteiger partial charge in [0, 0.05) is 35.9 Å². The van der Waals surface area contributed by atoms with Gasteiger partial charge >= 0.3 is 0 Å². The second kappa shape index (κ2) is 6.10. The highest BCUT2D eigenvalue weighted by Crippen LogP contribution is 2.12. The van der Waals surface area contributed by atoms with E-state index in [0.29, 0.717) is 0 Å². The number of anilines is 1. The van der Waals surface area contributed by atoms with Crippen molar-refractivity contribution in [2.24, 2.45) is 0 Å². The summed E-state index contributed by atoms with van der Waals surface area (Å²) in [5.74, 6) is 0. The quantitative estimate of drug-likeness (QED) is 0.775. The fourth-order valence-electron chi connectivity index (χ4n) is 2.19. The van der Waals surface area contributed by atoms with Crippen LogP contribution in [0.3, 0.4) is 0 Å². The first kappa shape index (κ1) is 12.5. The van der Waals surface area contributed by atoms with Crippen LogP contribution in [0.2, 0.25) is 0 Å². The standard InChI is InChI=1S/C16H18N4/c1-2-4-13(5-3-1)8-15-9-14(6-7-18-15)19-11-16-10-17-12-20-16/h1-7,9-10,17,20H,8,11-12H2,(H,18,19). The van der Waals surface area contributed by atoms with Crippen LogP contribution in [-0.2, 0) is 6.42 Å². The van der Waals surface area contributed by atoms with Crippen LogP contribution in [0.25, 0.3) is 0 Å². The minimum absolute atomic E-state index is 0.793. The maximum atomic E-state index is 4.43. The third kappa shape index (κ3) is 3.29. The summed E-state index contributed by atoms with van der Waals surface area (Å²) in [6.07, 6.45) is 4.72. The van der Waals surface area contributed by atoms with Crippen molar-refractivity contribution in [1.82, 2.24) is 15.6 Å². The second-order valence-electron chi connectivity index (χ2n) is 4.78. The molecule has 0 atom stereocenters. The molecule has 20 heavy (non-hydrogen) atoms. The Morgan fingerprint density at radius 2 is 2.05 bits per heavy atom. The SMILES string of the molecule is C1=C(CNc2ccnc(Cc3ccccc3)c2)NCN1. The molecule has 3 rings (SSSR count). The zero-order valence-electron chi connectivity index (χ0n) is 11.3. The van der Waals surface area contributed by atoms with Gasteiger partial charge in [0.15, 0.2) is 0 Å². The number of nitrogens with zero attached hydrogens (tertiary/aromatic N) is 1. The summed E-state index contributed by atoms with van der Waals surface area (Å²) in [4.78, 5) is 4.43. The molecule has 1 aliphatic heterocycles. The van der Waals surface area contributed by atoms with Crippen molar-refractivity contribution in [3.63, 3.8) is 0 Å². The predicted octanol–water partition coefficient (Wildman–Crippen LogP) is 2.08. The lowest BCUT2D eigenvalue weighted by molar-refractivity contribution is 0.805. The number of rotatable bonds is 5. The van der Waals surface area contributed by atoms with E-state index in [2.05, 4.69) is 51.3 Å². The van der Waals surface area contributed by atoms with Crippen molar-refractivity contribution >= 4 is 5.69 Å². The van der Waals surface area contributed by atoms with Gasteiger partial charge in [0.05, 0.1) is 13.2 Å². The van der Waals surface area contributed by atoms with Gasteiger partial charge in [0.1, 0.15) is 0 Å². The van der Waals surface area contributed by atoms with Gasteiger partial charge in [-0.2, -0.15) is 0 Å². The average molecular weight is 266 g/mol. The van der Waals surface area contributed by atoms with Crippen molar-refractivity contribution in [1.29, 1.82) is 0 Å². The summed E-state index contributed by atoms with van der Waals surface area (Å²) >= 11 is 0. The van der Waals surface area contributed by atoms with E-state index < -0.39 is 0 Å². The molecule has 4 heteroatoms. The molecule has 0 radical (unpaired) electrons. The normalized spacial score (nSPS) is 13.3. The minimum Gasteiger partial charge on any atom is -0.379 e. The predicted molar refractivity (Wildman–Crippen MR) is 81.2 cm³/mol. The lowest BCUT2D eigenvalue weighted by Gasteiger charge is -2.09. The third-order valence-electron chi connectivity index (χ3n) is 3.22. The molecule has 0 bridgehead atoms. The number of hydrogen-bond acceptors (Lipinski definition) is 4. The van der Waals surface area contributed by atoms with Crippen molar-refractivity contribution < 1.29 is 0 Å². The summed E-state index contributed by atoms with van der Waals surface area (Å²) in [5, 5.41) is 9.78. The van der Waals surface area contributed by atoms with Crippen LogP contribution < -0.4 is 16.0 Å². The molecule has 1 aromatic carbocycles. The molecule has 0 saturated carbocycles. The Hall–Kier alpha value is -2.49. The van der Waals surface area contributed by atoms with E-state index in [4.69, 9.17) is 0 Å². The molecule has 2 aromatic rings. The fraction of sp³-hybridized carbons (Fsp3) is 0.188. The molecule has 1 aromatic heterocycles. The van der Waals surface area contributed by atoms with Crippen LogP contribution in [0.15, 0.2) is 60.6 Å². The summed E-state index contributed by atoms with van der Waals surface area (Å²) in [6.45, 7) is 1.61. The molecule has 3 N–H and O–H groups in total. The lowest BCUT2D eigenvalue weighted by Crippen LogP contribution is -2.18. The second-order valence-corrected chi connectivity index (χ2v) is 4.78. The summed E-state index contributed by atoms with van der Waals surface area (Å²) in [7, 11) is 0. The van der Waals surface area contributed by atoms with Crippen LogP contribution in [0.5, 0.6) is 0 Å². The molecule has 1 aliphatic rings. The smallest absolute Gasteiger partial charge is 0.0843 e. The fourth-order valence-corrected chi connectivity index (χ4v) is 2.19. The van der Waals surface area contributed by atoms with E-state index in [9.17, 15) is 0 Å². The van der Waals surface area contributed by atoms with Crippen LogP contribution in [-0.4, -0.2) is 18.2 Å². The molecule has 0 unspecified atom stereocenters. The van der Waals surface area contributed by atoms with Crippen LogP contribution in [0.4, 0.5) is 5.69 Å². The number of aromatic nitrogens is 1. The van der Waals surface area contributed by atoms with E-state index in [-0.39, 0.29) is 0 Å². The third-order valence-corrected chi connectivity index (χ3v) is 3.22. The topological polar surface area (TPSA) is 49.0 Å². The highest BCUT2D eigenvalue weighted by atomic mass is 15.1. The first-order valence-electron chi connectivity index (χ1n) is 6.79. The van der Waals surface area contributed by atoms with Crippen LogP contribution >= 0.6 is 0 Å². The van der Waals surface area contributed by atoms with Gasteiger partial charge in [-0.05, 0) is 17.7 Å². The molecule has 4 nitrogen and oxygen atoms in total. The van der Waals surface area contributed by atoms with E-state index in [0.717, 1.165) is 31.0 Å². The van der Waals surface area contributed by atoms with E-state index in [1.807, 2.05) is 24.5 Å². The van der Waals surface area contributed by atoms with Crippen molar-refractivity contribution in [2.75, 3.05) is 18.5 Å². The maximum absolute atomic E-state index is 4.43. The average Bonchev–Trinajstić information content (AvgIpc) is 3.00. The molecule has 102 valence electrons. The Bertz CT molecular complexity index is 592. The monoisotopic (exact) mass is 266 g/mol. The molecule has 0 saturated heterocycles. The number of nitrogens with one attached hydrogen (secondary N) is 3. The zero-order chi connectivity index (χ0) is 13.6. The molecular formula is C16H18N4. The van der Waals surface area contributed by atoms with Gasteiger partial charge in [0.2, 0.25) is 0 Å². The number of hydrogen-bond donors (Lipinski definition) is 3. The summed E-state index contributed by atoms with van der Waals surface area (Å²) in [6, 6.07) is 14.5. The Balaban J connectivity index is 1.63. The zero-order valence-corrected chi connectivity index (χ0v) is 11.3. The van der Waals surface area contributed by atoms with Crippen LogP contribution in [0.1, 0.15) is 11.3 Å². The van der Waals surface area contributed by atoms with Gasteiger partial charge < -0.3 is 16.0 Å². The largest absolute Gasteiger partial charge is 0.379 e. The Morgan fingerprint density at radius 1 is 1.15 bits per heavy atom. The van der Waals surface area contributed by atoms with Crippen molar-refractivity contribution in [3.05, 3.63) is 71.8 Å². The van der Waals surface area contributed by atoms with Gasteiger partial charge in [0.25, 0.3) is 0 Å². The Labute approximate surface area is 118 Å². The number of benzene rings is 1. The molecular weight excluding hydrogens is 248 g/mol. The van der Waals surface area contributed by atoms with Gasteiger partial charge in [-0.25, -0.2) is 0 Å². The molecule has 0 fully saturated rings. The van der Waals surface area contributed by atoms with Crippen molar-refractivity contribution in [3.8, 4) is 0 Å². The Kier molecular flexibility index (Phi) is 3.83. The summed E-state index contributed by atoms with van der Waals surface area (Å²) < 4.78 is 0. The Morgan fingerprint density at radius 3 is 2.85 bits per heavy atom. The highest BCUT2D eigenvalue weighted by Gasteiger charge is 2.03. The van der Waals surface area contributed by atoms with E-state index in [1.54, 1.807) is 0 Å². The van der Waals surface area contributed by atoms with Gasteiger partial charge in [-0.1, -0.05) is 30.3 Å². The van der Waals surface area contributed by atoms with Gasteiger partial charge in [-0.15, -0.1) is 0 Å². The van der Waals surface area contributed by atoms with E-state index >= 15 is 0 Å². The minimum atomic E-state index is 0.793. The molecule has 2 heterocycles. The summed E-state index contributed by atoms with van der Waals surface area (Å²) in [5.41, 5.74) is 4.63. The highest BCUT2D eigenvalue weighted by molar-refractivity contribution is 5.45. The molecule has 0 amide bonds. The first-order chi connectivity index (χ1) is 9.90. The number of pyridine rings is 1. The first-order valence-corrected chi connectivity index (χ1v) is 6.79.